The summed E-state index contributed by atoms with van der Waals surface area (Å²) in [6.45, 7) is 0.670. The van der Waals surface area contributed by atoms with Crippen LogP contribution in [0.15, 0.2) is 12.1 Å². The van der Waals surface area contributed by atoms with Gasteiger partial charge >= 0.3 is 0 Å². The zero-order chi connectivity index (χ0) is 12.3. The van der Waals surface area contributed by atoms with Crippen molar-refractivity contribution < 1.29 is 9.18 Å². The molecule has 0 saturated carbocycles. The van der Waals surface area contributed by atoms with Gasteiger partial charge in [-0.2, -0.15) is 0 Å². The fourth-order valence-corrected chi connectivity index (χ4v) is 2.13. The summed E-state index contributed by atoms with van der Waals surface area (Å²) in [6.07, 6.45) is 3.84. The molecule has 0 unspecified atom stereocenters. The molecule has 0 radical (unpaired) electrons. The number of aryl methyl sites for hydroxylation is 2. The van der Waals surface area contributed by atoms with Crippen LogP contribution in [0.5, 0.6) is 0 Å². The van der Waals surface area contributed by atoms with Gasteiger partial charge < -0.3 is 11.1 Å². The Balaban J connectivity index is 2.16. The lowest BCUT2D eigenvalue weighted by molar-refractivity contribution is -0.116. The number of benzene rings is 1. The van der Waals surface area contributed by atoms with E-state index in [1.165, 1.54) is 6.07 Å². The maximum Gasteiger partial charge on any atom is 0.224 e. The number of carbonyl (C=O) groups is 1. The predicted molar refractivity (Wildman–Crippen MR) is 65.3 cm³/mol. The number of anilines is 1. The van der Waals surface area contributed by atoms with Crippen LogP contribution in [-0.4, -0.2) is 12.5 Å². The molecule has 0 aromatic heterocycles. The minimum atomic E-state index is -0.321. The van der Waals surface area contributed by atoms with Gasteiger partial charge in [0.1, 0.15) is 5.82 Å². The monoisotopic (exact) mass is 236 g/mol. The molecule has 3 N–H and O–H groups in total. The van der Waals surface area contributed by atoms with Crippen LogP contribution in [0.1, 0.15) is 30.4 Å². The number of carbonyl (C=O) groups excluding carboxylic acids is 1. The Bertz CT molecular complexity index is 432. The summed E-state index contributed by atoms with van der Waals surface area (Å²) in [5, 5.41) is 2.59. The van der Waals surface area contributed by atoms with Crippen LogP contribution in [0.3, 0.4) is 0 Å². The van der Waals surface area contributed by atoms with E-state index in [2.05, 4.69) is 5.32 Å². The molecule has 3 nitrogen and oxygen atoms in total. The molecule has 0 bridgehead atoms. The van der Waals surface area contributed by atoms with E-state index in [1.807, 2.05) is 6.07 Å². The van der Waals surface area contributed by atoms with Gasteiger partial charge in [0.15, 0.2) is 0 Å². The van der Waals surface area contributed by atoms with Gasteiger partial charge in [0.2, 0.25) is 5.91 Å². The number of nitrogens with one attached hydrogen (secondary N) is 1. The molecule has 0 spiro atoms. The van der Waals surface area contributed by atoms with Gasteiger partial charge in [-0.1, -0.05) is 6.07 Å². The predicted octanol–water partition coefficient (Wildman–Crippen LogP) is 1.99. The molecular weight excluding hydrogens is 219 g/mol. The normalized spacial score (nSPS) is 14.4. The Hall–Kier alpha value is -1.42. The zero-order valence-electron chi connectivity index (χ0n) is 9.76. The van der Waals surface area contributed by atoms with Crippen molar-refractivity contribution in [2.24, 2.45) is 5.73 Å². The Morgan fingerprint density at radius 3 is 2.88 bits per heavy atom. The van der Waals surface area contributed by atoms with E-state index < -0.39 is 0 Å². The van der Waals surface area contributed by atoms with Crippen LogP contribution in [0.2, 0.25) is 0 Å². The summed E-state index contributed by atoms with van der Waals surface area (Å²) in [6, 6.07) is 3.51. The molecule has 1 aromatic carbocycles. The summed E-state index contributed by atoms with van der Waals surface area (Å²) >= 11 is 0. The zero-order valence-corrected chi connectivity index (χ0v) is 9.76. The van der Waals surface area contributed by atoms with Crippen molar-refractivity contribution in [3.63, 3.8) is 0 Å². The van der Waals surface area contributed by atoms with Crippen LogP contribution >= 0.6 is 0 Å². The molecule has 1 aliphatic rings. The standard InChI is InChI=1S/C13H17FN2O/c14-11-8-9(3-1-2-6-15)7-10-4-5-12(17)16-13(10)11/h7-8H,1-6,15H2,(H,16,17). The number of unbranched alkanes of at least 4 members (excludes halogenated alkanes) is 1. The number of nitrogens with two attached hydrogens (primary N) is 1. The van der Waals surface area contributed by atoms with Crippen molar-refractivity contribution >= 4 is 11.6 Å². The smallest absolute Gasteiger partial charge is 0.224 e. The van der Waals surface area contributed by atoms with Crippen LogP contribution < -0.4 is 11.1 Å². The van der Waals surface area contributed by atoms with E-state index in [0.29, 0.717) is 25.1 Å². The van der Waals surface area contributed by atoms with E-state index in [9.17, 15) is 9.18 Å². The van der Waals surface area contributed by atoms with Gasteiger partial charge in [0.25, 0.3) is 0 Å². The molecule has 0 fully saturated rings. The minimum Gasteiger partial charge on any atom is -0.330 e. The van der Waals surface area contributed by atoms with E-state index in [1.54, 1.807) is 0 Å². The summed E-state index contributed by atoms with van der Waals surface area (Å²) in [4.78, 5) is 11.2. The molecule has 4 heteroatoms. The second-order valence-electron chi connectivity index (χ2n) is 4.41. The Morgan fingerprint density at radius 1 is 1.29 bits per heavy atom. The van der Waals surface area contributed by atoms with Crippen molar-refractivity contribution in [3.05, 3.63) is 29.1 Å². The highest BCUT2D eigenvalue weighted by Crippen LogP contribution is 2.27. The molecule has 92 valence electrons. The lowest BCUT2D eigenvalue weighted by Gasteiger charge is -2.18. The van der Waals surface area contributed by atoms with Gasteiger partial charge in [-0.05, 0) is 49.4 Å². The second-order valence-corrected chi connectivity index (χ2v) is 4.41. The van der Waals surface area contributed by atoms with Crippen LogP contribution in [0.4, 0.5) is 10.1 Å². The van der Waals surface area contributed by atoms with Crippen LogP contribution in [0.25, 0.3) is 0 Å². The quantitative estimate of drug-likeness (QED) is 0.785. The van der Waals surface area contributed by atoms with Crippen LogP contribution in [-0.2, 0) is 17.6 Å². The van der Waals surface area contributed by atoms with E-state index >= 15 is 0 Å². The van der Waals surface area contributed by atoms with Crippen molar-refractivity contribution in [2.45, 2.75) is 32.1 Å². The third-order valence-corrected chi connectivity index (χ3v) is 3.04. The molecule has 1 heterocycles. The number of rotatable bonds is 4. The lowest BCUT2D eigenvalue weighted by atomic mass is 9.97. The van der Waals surface area contributed by atoms with Gasteiger partial charge in [0.05, 0.1) is 5.69 Å². The van der Waals surface area contributed by atoms with Crippen LogP contribution in [0, 0.1) is 5.82 Å². The first-order chi connectivity index (χ1) is 8.20. The fourth-order valence-electron chi connectivity index (χ4n) is 2.13. The third kappa shape index (κ3) is 2.82. The first-order valence-electron chi connectivity index (χ1n) is 6.02. The van der Waals surface area contributed by atoms with Crippen molar-refractivity contribution in [1.29, 1.82) is 0 Å². The minimum absolute atomic E-state index is 0.104. The van der Waals surface area contributed by atoms with E-state index in [0.717, 1.165) is 30.4 Å². The maximum atomic E-state index is 13.8. The van der Waals surface area contributed by atoms with Crippen molar-refractivity contribution in [1.82, 2.24) is 0 Å². The Kier molecular flexibility index (Phi) is 3.74. The molecule has 0 atom stereocenters. The molecule has 0 aliphatic carbocycles. The summed E-state index contributed by atoms with van der Waals surface area (Å²) in [5.74, 6) is -0.425. The number of hydrogen-bond donors (Lipinski definition) is 2. The van der Waals surface area contributed by atoms with Gasteiger partial charge in [-0.15, -0.1) is 0 Å². The van der Waals surface area contributed by atoms with Crippen molar-refractivity contribution in [2.75, 3.05) is 11.9 Å². The van der Waals surface area contributed by atoms with Gasteiger partial charge in [0, 0.05) is 6.42 Å². The summed E-state index contributed by atoms with van der Waals surface area (Å²) in [5.41, 5.74) is 7.69. The second kappa shape index (κ2) is 5.27. The van der Waals surface area contributed by atoms with E-state index in [4.69, 9.17) is 5.73 Å². The highest BCUT2D eigenvalue weighted by Gasteiger charge is 2.18. The number of halogens is 1. The number of fused-ring (bicyclic) bond motifs is 1. The number of amides is 1. The first-order valence-corrected chi connectivity index (χ1v) is 6.02. The number of hydrogen-bond acceptors (Lipinski definition) is 2. The molecule has 1 amide bonds. The van der Waals surface area contributed by atoms with E-state index in [-0.39, 0.29) is 11.7 Å². The lowest BCUT2D eigenvalue weighted by Crippen LogP contribution is -2.20. The Labute approximate surface area is 100 Å². The molecule has 1 aliphatic heterocycles. The highest BCUT2D eigenvalue weighted by atomic mass is 19.1. The molecular formula is C13H17FN2O. The van der Waals surface area contributed by atoms with Gasteiger partial charge in [-0.3, -0.25) is 4.79 Å². The van der Waals surface area contributed by atoms with Crippen molar-refractivity contribution in [3.8, 4) is 0 Å². The molecule has 2 rings (SSSR count). The molecule has 17 heavy (non-hydrogen) atoms. The Morgan fingerprint density at radius 2 is 2.12 bits per heavy atom. The third-order valence-electron chi connectivity index (χ3n) is 3.04. The van der Waals surface area contributed by atoms with Gasteiger partial charge in [-0.25, -0.2) is 4.39 Å². The largest absolute Gasteiger partial charge is 0.330 e. The fraction of sp³-hybridized carbons (Fsp3) is 0.462. The topological polar surface area (TPSA) is 55.1 Å². The SMILES string of the molecule is NCCCCc1cc(F)c2c(c1)CCC(=O)N2. The highest BCUT2D eigenvalue weighted by molar-refractivity contribution is 5.94. The molecule has 0 saturated heterocycles. The molecule has 1 aromatic rings. The summed E-state index contributed by atoms with van der Waals surface area (Å²) in [7, 11) is 0. The average molecular weight is 236 g/mol. The average Bonchev–Trinajstić information content (AvgIpc) is 2.31. The summed E-state index contributed by atoms with van der Waals surface area (Å²) < 4.78 is 13.8. The maximum absolute atomic E-state index is 13.8. The first kappa shape index (κ1) is 12.0.